The lowest BCUT2D eigenvalue weighted by Gasteiger charge is -2.14. The lowest BCUT2D eigenvalue weighted by molar-refractivity contribution is -0.114. The van der Waals surface area contributed by atoms with Gasteiger partial charge in [0.05, 0.1) is 5.69 Å². The second kappa shape index (κ2) is 7.00. The van der Waals surface area contributed by atoms with E-state index in [1.165, 1.54) is 30.2 Å². The number of carbonyl (C=O) groups is 2. The lowest BCUT2D eigenvalue weighted by Crippen LogP contribution is -2.12. The molecular formula is C20H20N4O2S. The Morgan fingerprint density at radius 2 is 1.74 bits per heavy atom. The van der Waals surface area contributed by atoms with Gasteiger partial charge in [-0.05, 0) is 61.6 Å². The summed E-state index contributed by atoms with van der Waals surface area (Å²) in [5.41, 5.74) is 10.5. The van der Waals surface area contributed by atoms with Gasteiger partial charge in [0, 0.05) is 29.4 Å². The largest absolute Gasteiger partial charge is 0.397 e. The van der Waals surface area contributed by atoms with Crippen molar-refractivity contribution in [2.45, 2.75) is 32.6 Å². The molecule has 1 aliphatic rings. The van der Waals surface area contributed by atoms with Crippen molar-refractivity contribution in [3.63, 3.8) is 0 Å². The number of rotatable bonds is 3. The summed E-state index contributed by atoms with van der Waals surface area (Å²) in [7, 11) is 0. The molecule has 0 radical (unpaired) electrons. The van der Waals surface area contributed by atoms with Gasteiger partial charge >= 0.3 is 0 Å². The van der Waals surface area contributed by atoms with E-state index in [0.29, 0.717) is 21.9 Å². The number of aryl methyl sites for hydroxylation is 2. The molecule has 27 heavy (non-hydrogen) atoms. The number of benzene rings is 1. The molecule has 4 rings (SSSR count). The van der Waals surface area contributed by atoms with E-state index < -0.39 is 0 Å². The van der Waals surface area contributed by atoms with Crippen LogP contribution < -0.4 is 16.4 Å². The van der Waals surface area contributed by atoms with Gasteiger partial charge in [0.15, 0.2) is 0 Å². The summed E-state index contributed by atoms with van der Waals surface area (Å²) in [6, 6.07) is 9.05. The third-order valence-corrected chi connectivity index (χ3v) is 5.78. The number of hydrogen-bond acceptors (Lipinski definition) is 5. The second-order valence-electron chi connectivity index (χ2n) is 6.71. The van der Waals surface area contributed by atoms with E-state index in [1.807, 2.05) is 0 Å². The molecule has 2 amide bonds. The molecule has 3 aromatic rings. The van der Waals surface area contributed by atoms with Crippen molar-refractivity contribution < 1.29 is 9.59 Å². The molecule has 6 nitrogen and oxygen atoms in total. The average Bonchev–Trinajstić information content (AvgIpc) is 2.97. The van der Waals surface area contributed by atoms with Crippen molar-refractivity contribution in [1.29, 1.82) is 0 Å². The second-order valence-corrected chi connectivity index (χ2v) is 7.71. The predicted octanol–water partition coefficient (Wildman–Crippen LogP) is 3.97. The number of anilines is 3. The number of pyridine rings is 1. The average molecular weight is 380 g/mol. The van der Waals surface area contributed by atoms with Crippen LogP contribution in [0.2, 0.25) is 0 Å². The molecule has 1 aromatic carbocycles. The number of aromatic nitrogens is 1. The summed E-state index contributed by atoms with van der Waals surface area (Å²) in [5, 5.41) is 6.42. The number of thiophene rings is 1. The molecule has 138 valence electrons. The number of fused-ring (bicyclic) bond motifs is 2. The third-order valence-electron chi connectivity index (χ3n) is 4.67. The Hall–Kier alpha value is -2.93. The molecule has 0 unspecified atom stereocenters. The first-order valence-electron chi connectivity index (χ1n) is 8.91. The van der Waals surface area contributed by atoms with Gasteiger partial charge in [-0.2, -0.15) is 0 Å². The van der Waals surface area contributed by atoms with Crippen LogP contribution in [0, 0.1) is 0 Å². The van der Waals surface area contributed by atoms with Crippen LogP contribution in [0.3, 0.4) is 0 Å². The van der Waals surface area contributed by atoms with Crippen LogP contribution in [0.4, 0.5) is 17.1 Å². The zero-order valence-corrected chi connectivity index (χ0v) is 15.8. The highest BCUT2D eigenvalue weighted by Crippen LogP contribution is 2.35. The third kappa shape index (κ3) is 3.50. The van der Waals surface area contributed by atoms with Crippen LogP contribution in [0.15, 0.2) is 30.3 Å². The monoisotopic (exact) mass is 380 g/mol. The smallest absolute Gasteiger partial charge is 0.267 e. The van der Waals surface area contributed by atoms with Gasteiger partial charge in [-0.15, -0.1) is 11.3 Å². The minimum Gasteiger partial charge on any atom is -0.397 e. The molecule has 0 saturated heterocycles. The molecule has 0 aliphatic heterocycles. The van der Waals surface area contributed by atoms with Gasteiger partial charge in [-0.25, -0.2) is 4.98 Å². The van der Waals surface area contributed by atoms with Crippen LogP contribution in [0.25, 0.3) is 10.2 Å². The molecule has 7 heteroatoms. The fraction of sp³-hybridized carbons (Fsp3) is 0.250. The molecule has 4 N–H and O–H groups in total. The highest BCUT2D eigenvalue weighted by Gasteiger charge is 2.20. The number of nitrogens with zero attached hydrogens (tertiary/aromatic N) is 1. The van der Waals surface area contributed by atoms with Gasteiger partial charge in [0.25, 0.3) is 5.91 Å². The van der Waals surface area contributed by atoms with Crippen molar-refractivity contribution >= 4 is 50.4 Å². The standard InChI is InChI=1S/C20H20N4O2S/c1-11(25)22-13-6-8-14(9-7-13)23-19(26)18-17(21)15-10-12-4-2-3-5-16(12)24-20(15)27-18/h6-10H,2-5,21H2,1H3,(H,22,25)(H,23,26). The molecule has 0 spiro atoms. The Morgan fingerprint density at radius 1 is 1.07 bits per heavy atom. The molecule has 2 heterocycles. The summed E-state index contributed by atoms with van der Waals surface area (Å²) in [6.07, 6.45) is 4.35. The summed E-state index contributed by atoms with van der Waals surface area (Å²) < 4.78 is 0. The van der Waals surface area contributed by atoms with Crippen molar-refractivity contribution in [2.24, 2.45) is 0 Å². The first-order valence-corrected chi connectivity index (χ1v) is 9.72. The SMILES string of the molecule is CC(=O)Nc1ccc(NC(=O)c2sc3nc4c(cc3c2N)CCCC4)cc1. The number of nitrogens with two attached hydrogens (primary N) is 1. The Morgan fingerprint density at radius 3 is 2.44 bits per heavy atom. The number of nitrogens with one attached hydrogen (secondary N) is 2. The van der Waals surface area contributed by atoms with Gasteiger partial charge in [-0.1, -0.05) is 0 Å². The Balaban J connectivity index is 1.59. The molecular weight excluding hydrogens is 360 g/mol. The number of carbonyl (C=O) groups excluding carboxylic acids is 2. The van der Waals surface area contributed by atoms with Crippen LogP contribution in [0.5, 0.6) is 0 Å². The highest BCUT2D eigenvalue weighted by molar-refractivity contribution is 7.21. The van der Waals surface area contributed by atoms with Crippen LogP contribution in [-0.4, -0.2) is 16.8 Å². The minimum atomic E-state index is -0.249. The van der Waals surface area contributed by atoms with Crippen LogP contribution in [0.1, 0.15) is 40.7 Å². The summed E-state index contributed by atoms with van der Waals surface area (Å²) >= 11 is 1.33. The maximum absolute atomic E-state index is 12.7. The van der Waals surface area contributed by atoms with Crippen molar-refractivity contribution in [3.8, 4) is 0 Å². The molecule has 0 atom stereocenters. The van der Waals surface area contributed by atoms with Crippen LogP contribution >= 0.6 is 11.3 Å². The fourth-order valence-corrected chi connectivity index (χ4v) is 4.35. The van der Waals surface area contributed by atoms with E-state index >= 15 is 0 Å². The van der Waals surface area contributed by atoms with Crippen molar-refractivity contribution in [2.75, 3.05) is 16.4 Å². The fourth-order valence-electron chi connectivity index (χ4n) is 3.36. The Bertz CT molecular complexity index is 1040. The van der Waals surface area contributed by atoms with E-state index in [9.17, 15) is 9.59 Å². The predicted molar refractivity (Wildman–Crippen MR) is 109 cm³/mol. The molecule has 0 bridgehead atoms. The molecule has 2 aromatic heterocycles. The number of amides is 2. The quantitative estimate of drug-likeness (QED) is 0.640. The topological polar surface area (TPSA) is 97.1 Å². The maximum Gasteiger partial charge on any atom is 0.267 e. The van der Waals surface area contributed by atoms with Crippen molar-refractivity contribution in [3.05, 3.63) is 46.5 Å². The normalized spacial score (nSPS) is 13.2. The first kappa shape index (κ1) is 17.5. The highest BCUT2D eigenvalue weighted by atomic mass is 32.1. The van der Waals surface area contributed by atoms with E-state index in [1.54, 1.807) is 24.3 Å². The zero-order chi connectivity index (χ0) is 19.0. The Labute approximate surface area is 160 Å². The summed E-state index contributed by atoms with van der Waals surface area (Å²) in [6.45, 7) is 1.45. The first-order chi connectivity index (χ1) is 13.0. The zero-order valence-electron chi connectivity index (χ0n) is 15.0. The number of nitrogen functional groups attached to an aromatic ring is 1. The summed E-state index contributed by atoms with van der Waals surface area (Å²) in [4.78, 5) is 29.8. The van der Waals surface area contributed by atoms with Crippen LogP contribution in [-0.2, 0) is 17.6 Å². The van der Waals surface area contributed by atoms with Crippen molar-refractivity contribution in [1.82, 2.24) is 4.98 Å². The summed E-state index contributed by atoms with van der Waals surface area (Å²) in [5.74, 6) is -0.388. The molecule has 0 fully saturated rings. The maximum atomic E-state index is 12.7. The van der Waals surface area contributed by atoms with E-state index in [2.05, 4.69) is 16.7 Å². The van der Waals surface area contributed by atoms with Gasteiger partial charge in [0.2, 0.25) is 5.91 Å². The number of hydrogen-bond donors (Lipinski definition) is 3. The van der Waals surface area contributed by atoms with E-state index in [4.69, 9.17) is 10.7 Å². The van der Waals surface area contributed by atoms with Gasteiger partial charge < -0.3 is 16.4 Å². The molecule has 0 saturated carbocycles. The van der Waals surface area contributed by atoms with E-state index in [-0.39, 0.29) is 11.8 Å². The lowest BCUT2D eigenvalue weighted by atomic mass is 9.95. The van der Waals surface area contributed by atoms with Gasteiger partial charge in [0.1, 0.15) is 9.71 Å². The molecule has 1 aliphatic carbocycles. The minimum absolute atomic E-state index is 0.139. The van der Waals surface area contributed by atoms with E-state index in [0.717, 1.165) is 35.2 Å². The van der Waals surface area contributed by atoms with Gasteiger partial charge in [-0.3, -0.25) is 9.59 Å². The Kier molecular flexibility index (Phi) is 4.53.